The topological polar surface area (TPSA) is 9.23 Å². The quantitative estimate of drug-likeness (QED) is 0.737. The second-order valence-electron chi connectivity index (χ2n) is 2.78. The monoisotopic (exact) mass is 262 g/mol. The largest absolute Gasteiger partial charge is 0.492 e. The fraction of sp³-hybridized carbons (Fsp3) is 0.400. The summed E-state index contributed by atoms with van der Waals surface area (Å²) in [5, 5.41) is 0.658. The van der Waals surface area contributed by atoms with E-state index in [1.165, 1.54) is 0 Å². The third kappa shape index (κ3) is 3.57. The third-order valence-electron chi connectivity index (χ3n) is 1.65. The minimum Gasteiger partial charge on any atom is -0.492 e. The molecule has 72 valence electrons. The van der Waals surface area contributed by atoms with Crippen LogP contribution in [-0.4, -0.2) is 6.61 Å². The molecule has 13 heavy (non-hydrogen) atoms. The van der Waals surface area contributed by atoms with Gasteiger partial charge in [-0.1, -0.05) is 40.9 Å². The predicted octanol–water partition coefficient (Wildman–Crippen LogP) is 4.28. The molecule has 3 heteroatoms. The molecule has 1 aromatic rings. The highest BCUT2D eigenvalue weighted by molar-refractivity contribution is 9.10. The Morgan fingerprint density at radius 1 is 1.46 bits per heavy atom. The zero-order valence-corrected chi connectivity index (χ0v) is 9.86. The van der Waals surface area contributed by atoms with E-state index in [9.17, 15) is 0 Å². The van der Waals surface area contributed by atoms with Crippen molar-refractivity contribution in [3.05, 3.63) is 27.7 Å². The minimum atomic E-state index is 0.658. The molecule has 0 amide bonds. The SMILES string of the molecule is CCCCOc1ccc(Br)cc1Cl. The number of benzene rings is 1. The van der Waals surface area contributed by atoms with Gasteiger partial charge in [0, 0.05) is 4.47 Å². The number of rotatable bonds is 4. The molecule has 0 radical (unpaired) electrons. The molecule has 1 nitrogen and oxygen atoms in total. The lowest BCUT2D eigenvalue weighted by molar-refractivity contribution is 0.309. The van der Waals surface area contributed by atoms with Crippen molar-refractivity contribution in [1.29, 1.82) is 0 Å². The minimum absolute atomic E-state index is 0.658. The van der Waals surface area contributed by atoms with E-state index in [1.54, 1.807) is 0 Å². The van der Waals surface area contributed by atoms with Crippen molar-refractivity contribution in [3.63, 3.8) is 0 Å². The molecule has 0 bridgehead atoms. The summed E-state index contributed by atoms with van der Waals surface area (Å²) in [6.07, 6.45) is 2.19. The molecule has 0 unspecified atom stereocenters. The maximum atomic E-state index is 5.95. The molecule has 0 N–H and O–H groups in total. The molecule has 0 saturated heterocycles. The first kappa shape index (κ1) is 10.9. The predicted molar refractivity (Wildman–Crippen MR) is 59.6 cm³/mol. The highest BCUT2D eigenvalue weighted by Gasteiger charge is 2.00. The van der Waals surface area contributed by atoms with Gasteiger partial charge in [0.05, 0.1) is 11.6 Å². The van der Waals surface area contributed by atoms with Crippen molar-refractivity contribution in [2.45, 2.75) is 19.8 Å². The number of ether oxygens (including phenoxy) is 1. The lowest BCUT2D eigenvalue weighted by atomic mass is 10.3. The third-order valence-corrected chi connectivity index (χ3v) is 2.44. The highest BCUT2D eigenvalue weighted by Crippen LogP contribution is 2.27. The van der Waals surface area contributed by atoms with Gasteiger partial charge in [0.25, 0.3) is 0 Å². The zero-order chi connectivity index (χ0) is 9.68. The average molecular weight is 264 g/mol. The summed E-state index contributed by atoms with van der Waals surface area (Å²) in [4.78, 5) is 0. The van der Waals surface area contributed by atoms with Crippen LogP contribution in [0.4, 0.5) is 0 Å². The summed E-state index contributed by atoms with van der Waals surface area (Å²) in [7, 11) is 0. The fourth-order valence-corrected chi connectivity index (χ4v) is 1.65. The average Bonchev–Trinajstić information content (AvgIpc) is 2.09. The van der Waals surface area contributed by atoms with E-state index in [1.807, 2.05) is 18.2 Å². The number of hydrogen-bond donors (Lipinski definition) is 0. The lowest BCUT2D eigenvalue weighted by Gasteiger charge is -2.06. The highest BCUT2D eigenvalue weighted by atomic mass is 79.9. The molecule has 0 aliphatic carbocycles. The first-order valence-corrected chi connectivity index (χ1v) is 5.49. The van der Waals surface area contributed by atoms with E-state index in [4.69, 9.17) is 16.3 Å². The first-order valence-electron chi connectivity index (χ1n) is 4.32. The molecule has 0 aromatic heterocycles. The van der Waals surface area contributed by atoms with Gasteiger partial charge in [-0.3, -0.25) is 0 Å². The normalized spacial score (nSPS) is 10.1. The standard InChI is InChI=1S/C10H12BrClO/c1-2-3-6-13-10-5-4-8(11)7-9(10)12/h4-5,7H,2-3,6H2,1H3. The van der Waals surface area contributed by atoms with Crippen molar-refractivity contribution < 1.29 is 4.74 Å². The molecule has 0 saturated carbocycles. The molecule has 0 atom stereocenters. The maximum Gasteiger partial charge on any atom is 0.137 e. The number of unbranched alkanes of at least 4 members (excludes halogenated alkanes) is 1. The van der Waals surface area contributed by atoms with Crippen LogP contribution < -0.4 is 4.74 Å². The smallest absolute Gasteiger partial charge is 0.137 e. The second-order valence-corrected chi connectivity index (χ2v) is 4.10. The molecule has 1 aromatic carbocycles. The number of halogens is 2. The molecular weight excluding hydrogens is 251 g/mol. The molecule has 1 rings (SSSR count). The van der Waals surface area contributed by atoms with E-state index in [2.05, 4.69) is 22.9 Å². The lowest BCUT2D eigenvalue weighted by Crippen LogP contribution is -1.96. The van der Waals surface area contributed by atoms with Crippen molar-refractivity contribution in [3.8, 4) is 5.75 Å². The van der Waals surface area contributed by atoms with E-state index < -0.39 is 0 Å². The van der Waals surface area contributed by atoms with Gasteiger partial charge in [0.2, 0.25) is 0 Å². The number of hydrogen-bond acceptors (Lipinski definition) is 1. The Hall–Kier alpha value is -0.210. The van der Waals surface area contributed by atoms with Gasteiger partial charge in [-0.25, -0.2) is 0 Å². The van der Waals surface area contributed by atoms with Crippen LogP contribution in [0.5, 0.6) is 5.75 Å². The van der Waals surface area contributed by atoms with Crippen molar-refractivity contribution in [2.24, 2.45) is 0 Å². The first-order chi connectivity index (χ1) is 6.24. The van der Waals surface area contributed by atoms with E-state index in [0.717, 1.165) is 29.7 Å². The van der Waals surface area contributed by atoms with Crippen LogP contribution in [-0.2, 0) is 0 Å². The molecule has 0 spiro atoms. The van der Waals surface area contributed by atoms with Gasteiger partial charge < -0.3 is 4.74 Å². The van der Waals surface area contributed by atoms with E-state index >= 15 is 0 Å². The zero-order valence-electron chi connectivity index (χ0n) is 7.52. The van der Waals surface area contributed by atoms with E-state index in [0.29, 0.717) is 5.02 Å². The van der Waals surface area contributed by atoms with Gasteiger partial charge >= 0.3 is 0 Å². The molecule has 0 aliphatic heterocycles. The summed E-state index contributed by atoms with van der Waals surface area (Å²) in [5.41, 5.74) is 0. The van der Waals surface area contributed by atoms with Crippen molar-refractivity contribution in [1.82, 2.24) is 0 Å². The summed E-state index contributed by atoms with van der Waals surface area (Å²) < 4.78 is 6.45. The van der Waals surface area contributed by atoms with Gasteiger partial charge in [-0.2, -0.15) is 0 Å². The molecule has 0 fully saturated rings. The van der Waals surface area contributed by atoms with Crippen LogP contribution in [0.2, 0.25) is 5.02 Å². The van der Waals surface area contributed by atoms with Crippen LogP contribution >= 0.6 is 27.5 Å². The van der Waals surface area contributed by atoms with Gasteiger partial charge in [-0.15, -0.1) is 0 Å². The summed E-state index contributed by atoms with van der Waals surface area (Å²) in [5.74, 6) is 0.762. The van der Waals surface area contributed by atoms with Crippen molar-refractivity contribution >= 4 is 27.5 Å². The molecule has 0 aliphatic rings. The summed E-state index contributed by atoms with van der Waals surface area (Å²) in [6.45, 7) is 2.87. The van der Waals surface area contributed by atoms with Crippen LogP contribution in [0, 0.1) is 0 Å². The van der Waals surface area contributed by atoms with E-state index in [-0.39, 0.29) is 0 Å². The Kier molecular flexibility index (Phi) is 4.60. The molecular formula is C10H12BrClO. The van der Waals surface area contributed by atoms with Gasteiger partial charge in [-0.05, 0) is 24.6 Å². The second kappa shape index (κ2) is 5.51. The van der Waals surface area contributed by atoms with Gasteiger partial charge in [0.15, 0.2) is 0 Å². The van der Waals surface area contributed by atoms with Crippen LogP contribution in [0.1, 0.15) is 19.8 Å². The molecule has 0 heterocycles. The Bertz CT molecular complexity index is 276. The van der Waals surface area contributed by atoms with Crippen molar-refractivity contribution in [2.75, 3.05) is 6.61 Å². The summed E-state index contributed by atoms with van der Waals surface area (Å²) >= 11 is 9.29. The van der Waals surface area contributed by atoms with Crippen LogP contribution in [0.3, 0.4) is 0 Å². The maximum absolute atomic E-state index is 5.95. The van der Waals surface area contributed by atoms with Gasteiger partial charge in [0.1, 0.15) is 5.75 Å². The Morgan fingerprint density at radius 2 is 2.23 bits per heavy atom. The van der Waals surface area contributed by atoms with Crippen LogP contribution in [0.15, 0.2) is 22.7 Å². The summed E-state index contributed by atoms with van der Waals surface area (Å²) in [6, 6.07) is 5.64. The fourth-order valence-electron chi connectivity index (χ4n) is 0.919. The Morgan fingerprint density at radius 3 is 2.85 bits per heavy atom. The Labute approximate surface area is 92.2 Å². The van der Waals surface area contributed by atoms with Crippen LogP contribution in [0.25, 0.3) is 0 Å². The Balaban J connectivity index is 2.56.